The standard InChI is InChI=1S/C17H26N2O4S/c1-13(2)14-6-8-15(9-7-14)18-17(20)12-19(24(3,21)22)11-16-5-4-10-23-16/h6-9,13,16H,4-5,10-12H2,1-3H3,(H,18,20). The first-order chi connectivity index (χ1) is 11.3. The molecular formula is C17H26N2O4S. The van der Waals surface area contributed by atoms with E-state index in [4.69, 9.17) is 4.74 Å². The molecule has 0 saturated carbocycles. The highest BCUT2D eigenvalue weighted by atomic mass is 32.2. The number of nitrogens with zero attached hydrogens (tertiary/aromatic N) is 1. The number of benzene rings is 1. The Bertz CT molecular complexity index is 650. The minimum atomic E-state index is -3.47. The highest BCUT2D eigenvalue weighted by Gasteiger charge is 2.26. The van der Waals surface area contributed by atoms with Gasteiger partial charge in [-0.15, -0.1) is 0 Å². The van der Waals surface area contributed by atoms with Crippen LogP contribution < -0.4 is 5.32 Å². The molecule has 0 aromatic heterocycles. The molecule has 24 heavy (non-hydrogen) atoms. The summed E-state index contributed by atoms with van der Waals surface area (Å²) in [5, 5.41) is 2.75. The van der Waals surface area contributed by atoms with Crippen molar-refractivity contribution in [3.8, 4) is 0 Å². The lowest BCUT2D eigenvalue weighted by molar-refractivity contribution is -0.116. The summed E-state index contributed by atoms with van der Waals surface area (Å²) in [6.07, 6.45) is 2.74. The maximum Gasteiger partial charge on any atom is 0.239 e. The first-order valence-electron chi connectivity index (χ1n) is 8.22. The Balaban J connectivity index is 1.96. The van der Waals surface area contributed by atoms with E-state index in [1.807, 2.05) is 24.3 Å². The molecule has 1 aromatic carbocycles. The van der Waals surface area contributed by atoms with Gasteiger partial charge in [-0.1, -0.05) is 26.0 Å². The maximum atomic E-state index is 12.2. The first-order valence-corrected chi connectivity index (χ1v) is 10.1. The fraction of sp³-hybridized carbons (Fsp3) is 0.588. The smallest absolute Gasteiger partial charge is 0.239 e. The van der Waals surface area contributed by atoms with E-state index in [9.17, 15) is 13.2 Å². The molecule has 6 nitrogen and oxygen atoms in total. The van der Waals surface area contributed by atoms with E-state index in [1.165, 1.54) is 9.87 Å². The van der Waals surface area contributed by atoms with Crippen molar-refractivity contribution in [1.82, 2.24) is 4.31 Å². The molecule has 2 rings (SSSR count). The number of anilines is 1. The highest BCUT2D eigenvalue weighted by molar-refractivity contribution is 7.88. The minimum Gasteiger partial charge on any atom is -0.377 e. The summed E-state index contributed by atoms with van der Waals surface area (Å²) in [5.41, 5.74) is 1.85. The molecule has 1 unspecified atom stereocenters. The van der Waals surface area contributed by atoms with Crippen molar-refractivity contribution in [1.29, 1.82) is 0 Å². The van der Waals surface area contributed by atoms with Gasteiger partial charge in [-0.05, 0) is 36.5 Å². The monoisotopic (exact) mass is 354 g/mol. The van der Waals surface area contributed by atoms with Crippen LogP contribution in [0.4, 0.5) is 5.69 Å². The fourth-order valence-corrected chi connectivity index (χ4v) is 3.43. The van der Waals surface area contributed by atoms with Gasteiger partial charge in [0.1, 0.15) is 0 Å². The number of ether oxygens (including phenoxy) is 1. The molecule has 1 fully saturated rings. The number of hydrogen-bond donors (Lipinski definition) is 1. The number of sulfonamides is 1. The molecule has 1 aromatic rings. The highest BCUT2D eigenvalue weighted by Crippen LogP contribution is 2.18. The van der Waals surface area contributed by atoms with Crippen molar-refractivity contribution < 1.29 is 17.9 Å². The second-order valence-electron chi connectivity index (χ2n) is 6.52. The van der Waals surface area contributed by atoms with Crippen LogP contribution in [0.15, 0.2) is 24.3 Å². The third-order valence-electron chi connectivity index (χ3n) is 4.08. The maximum absolute atomic E-state index is 12.2. The molecule has 0 bridgehead atoms. The molecule has 0 aliphatic carbocycles. The largest absolute Gasteiger partial charge is 0.377 e. The average molecular weight is 354 g/mol. The van der Waals surface area contributed by atoms with Crippen molar-refractivity contribution in [3.05, 3.63) is 29.8 Å². The lowest BCUT2D eigenvalue weighted by atomic mass is 10.0. The molecule has 1 heterocycles. The quantitative estimate of drug-likeness (QED) is 0.814. The molecule has 1 saturated heterocycles. The van der Waals surface area contributed by atoms with Crippen molar-refractivity contribution in [2.45, 2.75) is 38.7 Å². The van der Waals surface area contributed by atoms with Gasteiger partial charge >= 0.3 is 0 Å². The molecule has 1 atom stereocenters. The zero-order valence-electron chi connectivity index (χ0n) is 14.5. The predicted molar refractivity (Wildman–Crippen MR) is 94.6 cm³/mol. The fourth-order valence-electron chi connectivity index (χ4n) is 2.64. The average Bonchev–Trinajstić information content (AvgIpc) is 2.99. The normalized spacial score (nSPS) is 18.3. The van der Waals surface area contributed by atoms with E-state index in [0.717, 1.165) is 19.1 Å². The first kappa shape index (κ1) is 18.9. The third kappa shape index (κ3) is 5.58. The predicted octanol–water partition coefficient (Wildman–Crippen LogP) is 2.19. The lowest BCUT2D eigenvalue weighted by Crippen LogP contribution is -2.41. The summed E-state index contributed by atoms with van der Waals surface area (Å²) >= 11 is 0. The number of nitrogens with one attached hydrogen (secondary N) is 1. The molecule has 134 valence electrons. The Morgan fingerprint density at radius 3 is 2.50 bits per heavy atom. The number of carbonyl (C=O) groups excluding carboxylic acids is 1. The second-order valence-corrected chi connectivity index (χ2v) is 8.50. The Labute approximate surface area is 144 Å². The number of hydrogen-bond acceptors (Lipinski definition) is 4. The topological polar surface area (TPSA) is 75.7 Å². The minimum absolute atomic E-state index is 0.127. The van der Waals surface area contributed by atoms with Gasteiger partial charge in [0.05, 0.1) is 18.9 Å². The van der Waals surface area contributed by atoms with Crippen LogP contribution >= 0.6 is 0 Å². The van der Waals surface area contributed by atoms with Crippen molar-refractivity contribution in [3.63, 3.8) is 0 Å². The third-order valence-corrected chi connectivity index (χ3v) is 5.30. The Hall–Kier alpha value is -1.44. The van der Waals surface area contributed by atoms with Gasteiger partial charge in [0.25, 0.3) is 0 Å². The van der Waals surface area contributed by atoms with Gasteiger partial charge in [0.15, 0.2) is 0 Å². The molecule has 1 aliphatic heterocycles. The molecular weight excluding hydrogens is 328 g/mol. The molecule has 7 heteroatoms. The SMILES string of the molecule is CC(C)c1ccc(NC(=O)CN(CC2CCCO2)S(C)(=O)=O)cc1. The van der Waals surface area contributed by atoms with E-state index in [0.29, 0.717) is 18.2 Å². The van der Waals surface area contributed by atoms with E-state index >= 15 is 0 Å². The van der Waals surface area contributed by atoms with Crippen LogP contribution in [0, 0.1) is 0 Å². The van der Waals surface area contributed by atoms with E-state index in [2.05, 4.69) is 19.2 Å². The second kappa shape index (κ2) is 8.09. The van der Waals surface area contributed by atoms with Crippen molar-refractivity contribution in [2.75, 3.05) is 31.3 Å². The van der Waals surface area contributed by atoms with Gasteiger partial charge in [-0.2, -0.15) is 4.31 Å². The summed E-state index contributed by atoms with van der Waals surface area (Å²) in [5.74, 6) is 0.0672. The van der Waals surface area contributed by atoms with E-state index in [-0.39, 0.29) is 25.1 Å². The Kier molecular flexibility index (Phi) is 6.37. The van der Waals surface area contributed by atoms with Gasteiger partial charge in [-0.25, -0.2) is 8.42 Å². The summed E-state index contributed by atoms with van der Waals surface area (Å²) in [4.78, 5) is 12.2. The number of rotatable bonds is 7. The molecule has 0 spiro atoms. The molecule has 1 N–H and O–H groups in total. The summed E-state index contributed by atoms with van der Waals surface area (Å²) in [7, 11) is -3.47. The molecule has 1 aliphatic rings. The van der Waals surface area contributed by atoms with Crippen LogP contribution in [0.3, 0.4) is 0 Å². The zero-order valence-corrected chi connectivity index (χ0v) is 15.3. The van der Waals surface area contributed by atoms with Gasteiger partial charge in [0.2, 0.25) is 15.9 Å². The Morgan fingerprint density at radius 2 is 2.00 bits per heavy atom. The summed E-state index contributed by atoms with van der Waals surface area (Å²) in [6, 6.07) is 7.58. The zero-order chi connectivity index (χ0) is 17.7. The van der Waals surface area contributed by atoms with Gasteiger partial charge in [0, 0.05) is 18.8 Å². The summed E-state index contributed by atoms with van der Waals surface area (Å²) in [6.45, 7) is 4.87. The van der Waals surface area contributed by atoms with Crippen LogP contribution in [0.2, 0.25) is 0 Å². The van der Waals surface area contributed by atoms with Crippen LogP contribution in [-0.2, 0) is 19.6 Å². The van der Waals surface area contributed by atoms with Crippen molar-refractivity contribution >= 4 is 21.6 Å². The van der Waals surface area contributed by atoms with Crippen LogP contribution in [0.5, 0.6) is 0 Å². The summed E-state index contributed by atoms with van der Waals surface area (Å²) < 4.78 is 30.5. The van der Waals surface area contributed by atoms with Crippen LogP contribution in [0.1, 0.15) is 38.2 Å². The van der Waals surface area contributed by atoms with Crippen molar-refractivity contribution in [2.24, 2.45) is 0 Å². The number of amides is 1. The van der Waals surface area contributed by atoms with Crippen LogP contribution in [-0.4, -0.2) is 50.7 Å². The van der Waals surface area contributed by atoms with E-state index in [1.54, 1.807) is 0 Å². The van der Waals surface area contributed by atoms with Gasteiger partial charge in [-0.3, -0.25) is 4.79 Å². The van der Waals surface area contributed by atoms with Crippen LogP contribution in [0.25, 0.3) is 0 Å². The van der Waals surface area contributed by atoms with E-state index < -0.39 is 10.0 Å². The Morgan fingerprint density at radius 1 is 1.33 bits per heavy atom. The molecule has 1 amide bonds. The van der Waals surface area contributed by atoms with Gasteiger partial charge < -0.3 is 10.1 Å². The molecule has 0 radical (unpaired) electrons. The lowest BCUT2D eigenvalue weighted by Gasteiger charge is -2.22. The number of carbonyl (C=O) groups is 1.